The minimum atomic E-state index is -4.28. The predicted octanol–water partition coefficient (Wildman–Crippen LogP) is 3.70. The normalized spacial score (nSPS) is 12.0. The Hall–Kier alpha value is -2.10. The molecule has 0 saturated carbocycles. The molecule has 0 unspecified atom stereocenters. The fourth-order valence-corrected chi connectivity index (χ4v) is 1.60. The second-order valence-electron chi connectivity index (χ2n) is 4.25. The van der Waals surface area contributed by atoms with Gasteiger partial charge in [-0.1, -0.05) is 24.3 Å². The molecule has 0 spiro atoms. The van der Waals surface area contributed by atoms with E-state index in [9.17, 15) is 13.2 Å². The standard InChI is InChI=1S/C15H13F3N/c1-19-10-8-13(9-11-19)3-2-12-4-6-14(7-5-12)15(16,17)18/h2-11H,1H3/q+1/b3-2+. The maximum absolute atomic E-state index is 12.4. The number of aryl methyl sites for hydroxylation is 1. The maximum Gasteiger partial charge on any atom is 0.416 e. The van der Waals surface area contributed by atoms with Crippen LogP contribution in [0.2, 0.25) is 0 Å². The Morgan fingerprint density at radius 2 is 1.32 bits per heavy atom. The van der Waals surface area contributed by atoms with Gasteiger partial charge < -0.3 is 0 Å². The Kier molecular flexibility index (Phi) is 3.69. The molecule has 0 aliphatic carbocycles. The lowest BCUT2D eigenvalue weighted by Gasteiger charge is -2.05. The van der Waals surface area contributed by atoms with E-state index < -0.39 is 11.7 Å². The van der Waals surface area contributed by atoms with Gasteiger partial charge in [-0.3, -0.25) is 0 Å². The van der Waals surface area contributed by atoms with Gasteiger partial charge in [-0.05, 0) is 23.3 Å². The molecule has 1 heterocycles. The van der Waals surface area contributed by atoms with Crippen LogP contribution in [0.3, 0.4) is 0 Å². The van der Waals surface area contributed by atoms with E-state index in [2.05, 4.69) is 0 Å². The van der Waals surface area contributed by atoms with Gasteiger partial charge in [0.25, 0.3) is 0 Å². The van der Waals surface area contributed by atoms with E-state index in [-0.39, 0.29) is 0 Å². The molecule has 1 aromatic heterocycles. The number of nitrogens with zero attached hydrogens (tertiary/aromatic N) is 1. The van der Waals surface area contributed by atoms with Gasteiger partial charge in [-0.15, -0.1) is 0 Å². The molecule has 19 heavy (non-hydrogen) atoms. The van der Waals surface area contributed by atoms with Crippen molar-refractivity contribution < 1.29 is 17.7 Å². The molecule has 0 radical (unpaired) electrons. The van der Waals surface area contributed by atoms with Gasteiger partial charge in [0.2, 0.25) is 0 Å². The SMILES string of the molecule is C[n+]1ccc(/C=C/c2ccc(C(F)(F)F)cc2)cc1. The van der Waals surface area contributed by atoms with E-state index in [0.717, 1.165) is 23.3 Å². The molecule has 0 N–H and O–H groups in total. The van der Waals surface area contributed by atoms with Crippen LogP contribution in [0.15, 0.2) is 48.8 Å². The second-order valence-corrected chi connectivity index (χ2v) is 4.25. The number of halogens is 3. The number of benzene rings is 1. The average molecular weight is 264 g/mol. The van der Waals surface area contributed by atoms with Gasteiger partial charge in [0.05, 0.1) is 5.56 Å². The third-order valence-corrected chi connectivity index (χ3v) is 2.71. The summed E-state index contributed by atoms with van der Waals surface area (Å²) in [6.45, 7) is 0. The highest BCUT2D eigenvalue weighted by Gasteiger charge is 2.29. The lowest BCUT2D eigenvalue weighted by Crippen LogP contribution is -2.25. The van der Waals surface area contributed by atoms with Crippen LogP contribution in [-0.2, 0) is 13.2 Å². The smallest absolute Gasteiger partial charge is 0.208 e. The van der Waals surface area contributed by atoms with E-state index in [1.807, 2.05) is 42.2 Å². The fraction of sp³-hybridized carbons (Fsp3) is 0.133. The van der Waals surface area contributed by atoms with Crippen LogP contribution in [0.4, 0.5) is 13.2 Å². The van der Waals surface area contributed by atoms with Crippen molar-refractivity contribution >= 4 is 12.2 Å². The summed E-state index contributed by atoms with van der Waals surface area (Å²) in [5.74, 6) is 0. The zero-order chi connectivity index (χ0) is 13.9. The van der Waals surface area contributed by atoms with Crippen molar-refractivity contribution in [2.24, 2.45) is 7.05 Å². The molecule has 0 bridgehead atoms. The lowest BCUT2D eigenvalue weighted by molar-refractivity contribution is -0.671. The molecule has 98 valence electrons. The summed E-state index contributed by atoms with van der Waals surface area (Å²) in [4.78, 5) is 0. The van der Waals surface area contributed by atoms with Gasteiger partial charge in [-0.25, -0.2) is 4.57 Å². The van der Waals surface area contributed by atoms with Crippen molar-refractivity contribution in [3.05, 3.63) is 65.5 Å². The number of hydrogen-bond acceptors (Lipinski definition) is 0. The molecule has 2 aromatic rings. The quantitative estimate of drug-likeness (QED) is 0.728. The monoisotopic (exact) mass is 264 g/mol. The van der Waals surface area contributed by atoms with E-state index >= 15 is 0 Å². The fourth-order valence-electron chi connectivity index (χ4n) is 1.60. The molecule has 4 heteroatoms. The highest BCUT2D eigenvalue weighted by atomic mass is 19.4. The van der Waals surface area contributed by atoms with Crippen LogP contribution in [0.1, 0.15) is 16.7 Å². The first-order chi connectivity index (χ1) is 8.95. The lowest BCUT2D eigenvalue weighted by atomic mass is 10.1. The van der Waals surface area contributed by atoms with Crippen LogP contribution < -0.4 is 4.57 Å². The Bertz CT molecular complexity index is 566. The molecule has 1 nitrogen and oxygen atoms in total. The number of aromatic nitrogens is 1. The topological polar surface area (TPSA) is 3.88 Å². The summed E-state index contributed by atoms with van der Waals surface area (Å²) < 4.78 is 39.1. The Balaban J connectivity index is 2.13. The van der Waals surface area contributed by atoms with Gasteiger partial charge in [0.15, 0.2) is 12.4 Å². The van der Waals surface area contributed by atoms with Crippen LogP contribution in [0.5, 0.6) is 0 Å². The largest absolute Gasteiger partial charge is 0.416 e. The molecular formula is C15H13F3N+. The Morgan fingerprint density at radius 3 is 1.79 bits per heavy atom. The first-order valence-corrected chi connectivity index (χ1v) is 5.76. The van der Waals surface area contributed by atoms with Crippen LogP contribution >= 0.6 is 0 Å². The number of hydrogen-bond donors (Lipinski definition) is 0. The van der Waals surface area contributed by atoms with Crippen molar-refractivity contribution in [1.82, 2.24) is 0 Å². The van der Waals surface area contributed by atoms with E-state index in [0.29, 0.717) is 0 Å². The van der Waals surface area contributed by atoms with Crippen LogP contribution in [-0.4, -0.2) is 0 Å². The molecule has 0 amide bonds. The number of pyridine rings is 1. The third kappa shape index (κ3) is 3.68. The van der Waals surface area contributed by atoms with Crippen molar-refractivity contribution in [1.29, 1.82) is 0 Å². The molecular weight excluding hydrogens is 251 g/mol. The highest BCUT2D eigenvalue weighted by Crippen LogP contribution is 2.29. The van der Waals surface area contributed by atoms with Crippen LogP contribution in [0.25, 0.3) is 12.2 Å². The van der Waals surface area contributed by atoms with Gasteiger partial charge in [0.1, 0.15) is 7.05 Å². The van der Waals surface area contributed by atoms with Crippen molar-refractivity contribution in [2.75, 3.05) is 0 Å². The molecule has 0 aliphatic rings. The minimum Gasteiger partial charge on any atom is -0.208 e. The van der Waals surface area contributed by atoms with Gasteiger partial charge >= 0.3 is 6.18 Å². The summed E-state index contributed by atoms with van der Waals surface area (Å²) in [5, 5.41) is 0. The third-order valence-electron chi connectivity index (χ3n) is 2.71. The van der Waals surface area contributed by atoms with E-state index in [1.165, 1.54) is 12.1 Å². The van der Waals surface area contributed by atoms with Crippen molar-refractivity contribution in [3.63, 3.8) is 0 Å². The first kappa shape index (κ1) is 13.3. The molecule has 1 aromatic carbocycles. The van der Waals surface area contributed by atoms with Gasteiger partial charge in [0, 0.05) is 12.1 Å². The van der Waals surface area contributed by atoms with Crippen molar-refractivity contribution in [3.8, 4) is 0 Å². The molecule has 2 rings (SSSR count). The number of alkyl halides is 3. The van der Waals surface area contributed by atoms with E-state index in [4.69, 9.17) is 0 Å². The van der Waals surface area contributed by atoms with Gasteiger partial charge in [-0.2, -0.15) is 13.2 Å². The maximum atomic E-state index is 12.4. The minimum absolute atomic E-state index is 0.628. The molecule has 0 atom stereocenters. The highest BCUT2D eigenvalue weighted by molar-refractivity contribution is 5.69. The number of rotatable bonds is 2. The molecule has 0 aliphatic heterocycles. The first-order valence-electron chi connectivity index (χ1n) is 5.76. The molecule has 0 fully saturated rings. The zero-order valence-corrected chi connectivity index (χ0v) is 10.4. The molecule has 0 saturated heterocycles. The predicted molar refractivity (Wildman–Crippen MR) is 68.0 cm³/mol. The summed E-state index contributed by atoms with van der Waals surface area (Å²) >= 11 is 0. The summed E-state index contributed by atoms with van der Waals surface area (Å²) in [7, 11) is 1.92. The van der Waals surface area contributed by atoms with Crippen LogP contribution in [0, 0.1) is 0 Å². The summed E-state index contributed by atoms with van der Waals surface area (Å²) in [5.41, 5.74) is 1.11. The zero-order valence-electron chi connectivity index (χ0n) is 10.4. The van der Waals surface area contributed by atoms with E-state index in [1.54, 1.807) is 6.08 Å². The average Bonchev–Trinajstić information content (AvgIpc) is 2.37. The van der Waals surface area contributed by atoms with Crippen molar-refractivity contribution in [2.45, 2.75) is 6.18 Å². The summed E-state index contributed by atoms with van der Waals surface area (Å²) in [6, 6.07) is 8.96. The Morgan fingerprint density at radius 1 is 0.842 bits per heavy atom. The summed E-state index contributed by atoms with van der Waals surface area (Å²) in [6.07, 6.45) is 3.19. The Labute approximate surface area is 109 Å². The second kappa shape index (κ2) is 5.26.